The molecule has 0 aliphatic rings. The summed E-state index contributed by atoms with van der Waals surface area (Å²) in [5, 5.41) is 5.06. The van der Waals surface area contributed by atoms with Crippen LogP contribution in [0.1, 0.15) is 30.2 Å². The molecule has 7 heteroatoms. The van der Waals surface area contributed by atoms with E-state index in [0.29, 0.717) is 17.3 Å². The summed E-state index contributed by atoms with van der Waals surface area (Å²) in [5.74, 6) is 6.24. The summed E-state index contributed by atoms with van der Waals surface area (Å²) >= 11 is 6.29. The fraction of sp³-hybridized carbons (Fsp3) is 0.417. The summed E-state index contributed by atoms with van der Waals surface area (Å²) in [6.45, 7) is 4.67. The van der Waals surface area contributed by atoms with Crippen molar-refractivity contribution >= 4 is 11.6 Å². The molecular formula is C12H17ClN6. The fourth-order valence-corrected chi connectivity index (χ4v) is 2.19. The van der Waals surface area contributed by atoms with E-state index in [1.54, 1.807) is 18.5 Å². The Labute approximate surface area is 117 Å². The Bertz CT molecular complexity index is 539. The van der Waals surface area contributed by atoms with Crippen molar-refractivity contribution in [2.24, 2.45) is 5.84 Å². The second kappa shape index (κ2) is 6.10. The van der Waals surface area contributed by atoms with Gasteiger partial charge in [-0.2, -0.15) is 5.10 Å². The van der Waals surface area contributed by atoms with Crippen molar-refractivity contribution in [3.05, 3.63) is 40.7 Å². The number of hydrogen-bond donors (Lipinski definition) is 2. The molecule has 0 fully saturated rings. The number of nitrogens with zero attached hydrogens (tertiary/aromatic N) is 4. The molecule has 6 nitrogen and oxygen atoms in total. The van der Waals surface area contributed by atoms with Crippen LogP contribution in [0, 0.1) is 6.92 Å². The van der Waals surface area contributed by atoms with E-state index in [2.05, 4.69) is 20.5 Å². The number of nitrogens with two attached hydrogens (primary N) is 1. The number of rotatable bonds is 5. The Hall–Kier alpha value is -1.50. The maximum absolute atomic E-state index is 6.29. The SMILES string of the molecule is CCn1nc(C)c(Cl)c1CC(NN)c1ncccn1. The molecular weight excluding hydrogens is 264 g/mol. The van der Waals surface area contributed by atoms with E-state index in [-0.39, 0.29) is 6.04 Å². The van der Waals surface area contributed by atoms with Gasteiger partial charge in [-0.05, 0) is 19.9 Å². The average Bonchev–Trinajstić information content (AvgIpc) is 2.72. The Morgan fingerprint density at radius 3 is 2.68 bits per heavy atom. The van der Waals surface area contributed by atoms with Crippen LogP contribution in [0.2, 0.25) is 5.02 Å². The van der Waals surface area contributed by atoms with E-state index < -0.39 is 0 Å². The smallest absolute Gasteiger partial charge is 0.146 e. The highest BCUT2D eigenvalue weighted by atomic mass is 35.5. The quantitative estimate of drug-likeness (QED) is 0.639. The van der Waals surface area contributed by atoms with E-state index in [4.69, 9.17) is 17.4 Å². The molecule has 1 unspecified atom stereocenters. The molecule has 0 spiro atoms. The van der Waals surface area contributed by atoms with Crippen molar-refractivity contribution in [1.29, 1.82) is 0 Å². The van der Waals surface area contributed by atoms with Crippen molar-refractivity contribution < 1.29 is 0 Å². The van der Waals surface area contributed by atoms with Gasteiger partial charge in [0.15, 0.2) is 0 Å². The molecule has 0 amide bonds. The highest BCUT2D eigenvalue weighted by Gasteiger charge is 2.20. The molecule has 102 valence electrons. The molecule has 2 aromatic heterocycles. The molecule has 0 aliphatic heterocycles. The van der Waals surface area contributed by atoms with E-state index in [1.807, 2.05) is 18.5 Å². The molecule has 0 aliphatic carbocycles. The van der Waals surface area contributed by atoms with Crippen LogP contribution in [0.5, 0.6) is 0 Å². The predicted octanol–water partition coefficient (Wildman–Crippen LogP) is 1.40. The van der Waals surface area contributed by atoms with E-state index >= 15 is 0 Å². The van der Waals surface area contributed by atoms with Crippen LogP contribution < -0.4 is 11.3 Å². The molecule has 3 N–H and O–H groups in total. The van der Waals surface area contributed by atoms with Gasteiger partial charge in [-0.15, -0.1) is 0 Å². The van der Waals surface area contributed by atoms with E-state index in [0.717, 1.165) is 17.9 Å². The second-order valence-electron chi connectivity index (χ2n) is 4.19. The lowest BCUT2D eigenvalue weighted by Gasteiger charge is -2.15. The largest absolute Gasteiger partial charge is 0.271 e. The average molecular weight is 281 g/mol. The maximum atomic E-state index is 6.29. The Morgan fingerprint density at radius 1 is 1.42 bits per heavy atom. The third-order valence-corrected chi connectivity index (χ3v) is 3.44. The zero-order valence-electron chi connectivity index (χ0n) is 11.0. The van der Waals surface area contributed by atoms with Gasteiger partial charge < -0.3 is 0 Å². The highest BCUT2D eigenvalue weighted by molar-refractivity contribution is 6.31. The summed E-state index contributed by atoms with van der Waals surface area (Å²) in [4.78, 5) is 8.42. The predicted molar refractivity (Wildman–Crippen MR) is 73.4 cm³/mol. The number of aryl methyl sites for hydroxylation is 2. The summed E-state index contributed by atoms with van der Waals surface area (Å²) in [6.07, 6.45) is 3.97. The van der Waals surface area contributed by atoms with Gasteiger partial charge in [0.25, 0.3) is 0 Å². The number of hydrogen-bond acceptors (Lipinski definition) is 5. The third kappa shape index (κ3) is 2.91. The first-order valence-electron chi connectivity index (χ1n) is 6.12. The summed E-state index contributed by atoms with van der Waals surface area (Å²) in [5.41, 5.74) is 4.49. The third-order valence-electron chi connectivity index (χ3n) is 2.95. The Balaban J connectivity index is 2.29. The molecule has 0 saturated carbocycles. The van der Waals surface area contributed by atoms with Crippen LogP contribution in [-0.2, 0) is 13.0 Å². The first-order chi connectivity index (χ1) is 9.17. The van der Waals surface area contributed by atoms with Gasteiger partial charge in [-0.25, -0.2) is 15.4 Å². The zero-order valence-corrected chi connectivity index (χ0v) is 11.7. The molecule has 0 bridgehead atoms. The molecule has 19 heavy (non-hydrogen) atoms. The summed E-state index contributed by atoms with van der Waals surface area (Å²) in [6, 6.07) is 1.57. The van der Waals surface area contributed by atoms with Gasteiger partial charge in [0, 0.05) is 25.4 Å². The van der Waals surface area contributed by atoms with Gasteiger partial charge >= 0.3 is 0 Å². The molecule has 2 aromatic rings. The van der Waals surface area contributed by atoms with Crippen LogP contribution in [-0.4, -0.2) is 19.7 Å². The normalized spacial score (nSPS) is 12.6. The number of aromatic nitrogens is 4. The molecule has 2 heterocycles. The number of nitrogens with one attached hydrogen (secondary N) is 1. The lowest BCUT2D eigenvalue weighted by molar-refractivity contribution is 0.495. The van der Waals surface area contributed by atoms with Crippen molar-refractivity contribution in [1.82, 2.24) is 25.2 Å². The van der Waals surface area contributed by atoms with E-state index in [9.17, 15) is 0 Å². The van der Waals surface area contributed by atoms with Crippen LogP contribution in [0.4, 0.5) is 0 Å². The lowest BCUT2D eigenvalue weighted by atomic mass is 10.1. The van der Waals surface area contributed by atoms with Crippen LogP contribution in [0.25, 0.3) is 0 Å². The zero-order chi connectivity index (χ0) is 13.8. The first kappa shape index (κ1) is 13.9. The fourth-order valence-electron chi connectivity index (χ4n) is 1.97. The molecule has 0 saturated heterocycles. The minimum absolute atomic E-state index is 0.194. The van der Waals surface area contributed by atoms with Crippen molar-refractivity contribution in [3.8, 4) is 0 Å². The monoisotopic (exact) mass is 280 g/mol. The summed E-state index contributed by atoms with van der Waals surface area (Å²) < 4.78 is 1.88. The van der Waals surface area contributed by atoms with Gasteiger partial charge in [0.1, 0.15) is 5.82 Å². The lowest BCUT2D eigenvalue weighted by Crippen LogP contribution is -2.31. The van der Waals surface area contributed by atoms with Crippen LogP contribution in [0.15, 0.2) is 18.5 Å². The first-order valence-corrected chi connectivity index (χ1v) is 6.50. The second-order valence-corrected chi connectivity index (χ2v) is 4.57. The van der Waals surface area contributed by atoms with Gasteiger partial charge in [0.2, 0.25) is 0 Å². The Morgan fingerprint density at radius 2 is 2.11 bits per heavy atom. The van der Waals surface area contributed by atoms with Gasteiger partial charge in [-0.3, -0.25) is 10.5 Å². The van der Waals surface area contributed by atoms with Crippen molar-refractivity contribution in [2.75, 3.05) is 0 Å². The van der Waals surface area contributed by atoms with Gasteiger partial charge in [0.05, 0.1) is 22.5 Å². The van der Waals surface area contributed by atoms with E-state index in [1.165, 1.54) is 0 Å². The van der Waals surface area contributed by atoms with Crippen molar-refractivity contribution in [3.63, 3.8) is 0 Å². The molecule has 2 rings (SSSR count). The minimum atomic E-state index is -0.194. The number of hydrazine groups is 1. The molecule has 0 aromatic carbocycles. The van der Waals surface area contributed by atoms with Crippen molar-refractivity contribution in [2.45, 2.75) is 32.9 Å². The van der Waals surface area contributed by atoms with Crippen LogP contribution in [0.3, 0.4) is 0 Å². The number of halogens is 1. The maximum Gasteiger partial charge on any atom is 0.146 e. The molecule has 1 atom stereocenters. The summed E-state index contributed by atoms with van der Waals surface area (Å²) in [7, 11) is 0. The Kier molecular flexibility index (Phi) is 4.47. The molecule has 0 radical (unpaired) electrons. The minimum Gasteiger partial charge on any atom is -0.271 e. The van der Waals surface area contributed by atoms with Gasteiger partial charge in [-0.1, -0.05) is 11.6 Å². The topological polar surface area (TPSA) is 81.7 Å². The standard InChI is InChI=1S/C12H17ClN6/c1-3-19-10(11(13)8(2)18-19)7-9(17-14)12-15-5-4-6-16-12/h4-6,9,17H,3,7,14H2,1-2H3. The highest BCUT2D eigenvalue weighted by Crippen LogP contribution is 2.24. The van der Waals surface area contributed by atoms with Crippen LogP contribution >= 0.6 is 11.6 Å².